The number of benzene rings is 2. The van der Waals surface area contributed by atoms with Gasteiger partial charge in [0.2, 0.25) is 5.91 Å². The van der Waals surface area contributed by atoms with Crippen LogP contribution in [0.5, 0.6) is 5.75 Å². The van der Waals surface area contributed by atoms with Crippen LogP contribution in [-0.2, 0) is 11.2 Å². The van der Waals surface area contributed by atoms with Crippen molar-refractivity contribution in [3.05, 3.63) is 65.5 Å². The lowest BCUT2D eigenvalue weighted by Gasteiger charge is -2.28. The molecule has 2 N–H and O–H groups in total. The van der Waals surface area contributed by atoms with Crippen LogP contribution in [0.3, 0.4) is 0 Å². The van der Waals surface area contributed by atoms with Gasteiger partial charge in [-0.25, -0.2) is 9.38 Å². The van der Waals surface area contributed by atoms with Crippen LogP contribution in [-0.4, -0.2) is 50.6 Å². The standard InChI is InChI=1S/C22H27FN4O2.HI/c1-27(2)21(28)15-25-22(24-12-10-16-6-5-7-17(23)14-16)26-19-11-13-29-20-9-4-3-8-18(19)20;/h3-9,14,19H,10-13,15H2,1-2H3,(H2,24,25,26);1H. The number of rotatable bonds is 6. The third-order valence-electron chi connectivity index (χ3n) is 4.74. The van der Waals surface area contributed by atoms with Crippen molar-refractivity contribution in [2.24, 2.45) is 4.99 Å². The van der Waals surface area contributed by atoms with E-state index in [9.17, 15) is 9.18 Å². The second-order valence-electron chi connectivity index (χ2n) is 7.13. The van der Waals surface area contributed by atoms with Gasteiger partial charge in [-0.2, -0.15) is 0 Å². The molecule has 0 radical (unpaired) electrons. The van der Waals surface area contributed by atoms with E-state index in [1.165, 1.54) is 17.0 Å². The molecule has 0 aromatic heterocycles. The molecule has 0 aliphatic carbocycles. The number of para-hydroxylation sites is 1. The molecule has 2 aromatic carbocycles. The van der Waals surface area contributed by atoms with Crippen molar-refractivity contribution in [2.45, 2.75) is 18.9 Å². The molecule has 8 heteroatoms. The Morgan fingerprint density at radius 3 is 2.80 bits per heavy atom. The number of fused-ring (bicyclic) bond motifs is 1. The van der Waals surface area contributed by atoms with Gasteiger partial charge in [0.05, 0.1) is 12.6 Å². The maximum atomic E-state index is 13.4. The highest BCUT2D eigenvalue weighted by Gasteiger charge is 2.22. The number of ether oxygens (including phenoxy) is 1. The maximum Gasteiger partial charge on any atom is 0.243 e. The molecule has 1 aliphatic rings. The first-order valence-corrected chi connectivity index (χ1v) is 9.74. The molecule has 3 rings (SSSR count). The van der Waals surface area contributed by atoms with Crippen LogP contribution in [0.2, 0.25) is 0 Å². The average molecular weight is 526 g/mol. The smallest absolute Gasteiger partial charge is 0.243 e. The molecule has 30 heavy (non-hydrogen) atoms. The predicted molar refractivity (Wildman–Crippen MR) is 127 cm³/mol. The minimum atomic E-state index is -0.245. The van der Waals surface area contributed by atoms with Crippen molar-refractivity contribution in [1.82, 2.24) is 15.5 Å². The van der Waals surface area contributed by atoms with E-state index < -0.39 is 0 Å². The Balaban J connectivity index is 0.00000320. The van der Waals surface area contributed by atoms with E-state index in [-0.39, 0.29) is 48.3 Å². The molecule has 1 heterocycles. The highest BCUT2D eigenvalue weighted by Crippen LogP contribution is 2.31. The second-order valence-corrected chi connectivity index (χ2v) is 7.13. The monoisotopic (exact) mass is 526 g/mol. The number of hydrogen-bond acceptors (Lipinski definition) is 3. The first kappa shape index (κ1) is 23.9. The van der Waals surface area contributed by atoms with Crippen molar-refractivity contribution in [3.8, 4) is 5.75 Å². The van der Waals surface area contributed by atoms with Crippen LogP contribution in [0.15, 0.2) is 53.5 Å². The van der Waals surface area contributed by atoms with Crippen molar-refractivity contribution in [2.75, 3.05) is 33.8 Å². The van der Waals surface area contributed by atoms with Crippen LogP contribution in [0.1, 0.15) is 23.6 Å². The van der Waals surface area contributed by atoms with E-state index in [0.717, 1.165) is 23.3 Å². The lowest BCUT2D eigenvalue weighted by atomic mass is 10.0. The Morgan fingerprint density at radius 1 is 1.23 bits per heavy atom. The summed E-state index contributed by atoms with van der Waals surface area (Å²) in [4.78, 5) is 17.9. The van der Waals surface area contributed by atoms with Gasteiger partial charge in [0.15, 0.2) is 5.96 Å². The number of guanidine groups is 1. The van der Waals surface area contributed by atoms with Gasteiger partial charge in [-0.3, -0.25) is 4.79 Å². The number of nitrogens with zero attached hydrogens (tertiary/aromatic N) is 2. The highest BCUT2D eigenvalue weighted by atomic mass is 127. The quantitative estimate of drug-likeness (QED) is 0.345. The second kappa shape index (κ2) is 11.7. The lowest BCUT2D eigenvalue weighted by Crippen LogP contribution is -2.42. The van der Waals surface area contributed by atoms with Crippen LogP contribution in [0.25, 0.3) is 0 Å². The Bertz CT molecular complexity index is 876. The molecule has 162 valence electrons. The third kappa shape index (κ3) is 6.86. The molecule has 1 aliphatic heterocycles. The van der Waals surface area contributed by atoms with Gasteiger partial charge in [-0.15, -0.1) is 24.0 Å². The lowest BCUT2D eigenvalue weighted by molar-refractivity contribution is -0.127. The summed E-state index contributed by atoms with van der Waals surface area (Å²) in [6.45, 7) is 1.23. The number of nitrogens with one attached hydrogen (secondary N) is 2. The Kier molecular flexibility index (Phi) is 9.35. The zero-order chi connectivity index (χ0) is 20.6. The third-order valence-corrected chi connectivity index (χ3v) is 4.74. The summed E-state index contributed by atoms with van der Waals surface area (Å²) in [5.41, 5.74) is 1.97. The largest absolute Gasteiger partial charge is 0.493 e. The molecule has 0 saturated heterocycles. The molecule has 2 aromatic rings. The first-order chi connectivity index (χ1) is 14.0. The topological polar surface area (TPSA) is 66.0 Å². The molecule has 1 unspecified atom stereocenters. The van der Waals surface area contributed by atoms with E-state index in [2.05, 4.69) is 15.6 Å². The molecule has 0 fully saturated rings. The minimum Gasteiger partial charge on any atom is -0.493 e. The Morgan fingerprint density at radius 2 is 2.03 bits per heavy atom. The van der Waals surface area contributed by atoms with E-state index in [0.29, 0.717) is 25.5 Å². The van der Waals surface area contributed by atoms with Gasteiger partial charge in [0.1, 0.15) is 18.1 Å². The summed E-state index contributed by atoms with van der Waals surface area (Å²) in [6.07, 6.45) is 1.44. The fourth-order valence-corrected chi connectivity index (χ4v) is 3.12. The average Bonchev–Trinajstić information content (AvgIpc) is 2.72. The molecular weight excluding hydrogens is 498 g/mol. The van der Waals surface area contributed by atoms with E-state index in [4.69, 9.17) is 4.74 Å². The number of aliphatic imine (C=N–C) groups is 1. The highest BCUT2D eigenvalue weighted by molar-refractivity contribution is 14.0. The fraction of sp³-hybridized carbons (Fsp3) is 0.364. The van der Waals surface area contributed by atoms with E-state index in [1.807, 2.05) is 30.3 Å². The van der Waals surface area contributed by atoms with Crippen molar-refractivity contribution in [3.63, 3.8) is 0 Å². The summed E-state index contributed by atoms with van der Waals surface area (Å²) < 4.78 is 19.1. The summed E-state index contributed by atoms with van der Waals surface area (Å²) in [7, 11) is 3.41. The molecule has 0 bridgehead atoms. The van der Waals surface area contributed by atoms with Gasteiger partial charge in [0, 0.05) is 32.6 Å². The number of amides is 1. The van der Waals surface area contributed by atoms with Crippen LogP contribution in [0.4, 0.5) is 4.39 Å². The van der Waals surface area contributed by atoms with Gasteiger partial charge in [-0.05, 0) is 30.2 Å². The number of hydrogen-bond donors (Lipinski definition) is 2. The number of halogens is 2. The predicted octanol–water partition coefficient (Wildman–Crippen LogP) is 3.13. The van der Waals surface area contributed by atoms with Crippen LogP contribution in [0, 0.1) is 5.82 Å². The number of carbonyl (C=O) groups is 1. The Labute approximate surface area is 193 Å². The summed E-state index contributed by atoms with van der Waals surface area (Å²) in [6, 6.07) is 14.5. The van der Waals surface area contributed by atoms with Crippen LogP contribution >= 0.6 is 24.0 Å². The maximum absolute atomic E-state index is 13.4. The van der Waals surface area contributed by atoms with Gasteiger partial charge in [0.25, 0.3) is 0 Å². The minimum absolute atomic E-state index is 0. The summed E-state index contributed by atoms with van der Waals surface area (Å²) in [5, 5.41) is 6.68. The zero-order valence-electron chi connectivity index (χ0n) is 17.2. The first-order valence-electron chi connectivity index (χ1n) is 9.74. The zero-order valence-corrected chi connectivity index (χ0v) is 19.6. The molecule has 0 spiro atoms. The van der Waals surface area contributed by atoms with Gasteiger partial charge in [-0.1, -0.05) is 30.3 Å². The van der Waals surface area contributed by atoms with E-state index >= 15 is 0 Å². The molecule has 1 amide bonds. The number of carbonyl (C=O) groups excluding carboxylic acids is 1. The SMILES string of the molecule is CN(C)C(=O)CN=C(NCCc1cccc(F)c1)NC1CCOc2ccccc21.I. The summed E-state index contributed by atoms with van der Waals surface area (Å²) in [5.74, 6) is 1.09. The van der Waals surface area contributed by atoms with Crippen molar-refractivity contribution < 1.29 is 13.9 Å². The molecule has 1 atom stereocenters. The van der Waals surface area contributed by atoms with Crippen LogP contribution < -0.4 is 15.4 Å². The van der Waals surface area contributed by atoms with Gasteiger partial charge < -0.3 is 20.3 Å². The molecule has 0 saturated carbocycles. The van der Waals surface area contributed by atoms with Gasteiger partial charge >= 0.3 is 0 Å². The number of likely N-dealkylation sites (N-methyl/N-ethyl adjacent to an activating group) is 1. The molecular formula is C22H28FIN4O2. The van der Waals surface area contributed by atoms with Crippen molar-refractivity contribution >= 4 is 35.8 Å². The Hall–Kier alpha value is -2.36. The molecule has 6 nitrogen and oxygen atoms in total. The van der Waals surface area contributed by atoms with Crippen molar-refractivity contribution in [1.29, 1.82) is 0 Å². The summed E-state index contributed by atoms with van der Waals surface area (Å²) >= 11 is 0. The normalized spacial score (nSPS) is 15.3. The fourth-order valence-electron chi connectivity index (χ4n) is 3.12. The van der Waals surface area contributed by atoms with E-state index in [1.54, 1.807) is 20.2 Å².